The second-order valence-corrected chi connectivity index (χ2v) is 8.42. The highest BCUT2D eigenvalue weighted by molar-refractivity contribution is 7.18. The van der Waals surface area contributed by atoms with Crippen LogP contribution in [0.15, 0.2) is 66.9 Å². The van der Waals surface area contributed by atoms with E-state index < -0.39 is 5.97 Å². The number of hydrogen-bond acceptors (Lipinski definition) is 8. The van der Waals surface area contributed by atoms with Crippen molar-refractivity contribution < 1.29 is 14.3 Å². The molecule has 2 aromatic heterocycles. The number of benzene rings is 2. The fourth-order valence-corrected chi connectivity index (χ4v) is 4.21. The summed E-state index contributed by atoms with van der Waals surface area (Å²) in [6, 6.07) is 20.0. The molecule has 0 saturated heterocycles. The average Bonchev–Trinajstić information content (AvgIpc) is 3.30. The van der Waals surface area contributed by atoms with E-state index in [4.69, 9.17) is 10.00 Å². The molecule has 0 fully saturated rings. The fraction of sp³-hybridized carbons (Fsp3) is 0.160. The smallest absolute Gasteiger partial charge is 0.307 e. The number of aromatic nitrogens is 2. The van der Waals surface area contributed by atoms with Crippen molar-refractivity contribution in [3.8, 4) is 6.07 Å². The van der Waals surface area contributed by atoms with E-state index in [1.165, 1.54) is 12.0 Å². The Morgan fingerprint density at radius 1 is 1.15 bits per heavy atom. The Kier molecular flexibility index (Phi) is 7.10. The van der Waals surface area contributed by atoms with Crippen LogP contribution in [0.3, 0.4) is 0 Å². The summed E-state index contributed by atoms with van der Waals surface area (Å²) in [5, 5.41) is 13.1. The van der Waals surface area contributed by atoms with Gasteiger partial charge in [0.25, 0.3) is 5.91 Å². The number of rotatable bonds is 8. The van der Waals surface area contributed by atoms with Crippen LogP contribution >= 0.6 is 11.3 Å². The molecule has 170 valence electrons. The van der Waals surface area contributed by atoms with Crippen LogP contribution in [0.25, 0.3) is 10.2 Å². The molecule has 0 spiro atoms. The molecule has 0 atom stereocenters. The summed E-state index contributed by atoms with van der Waals surface area (Å²) in [6.45, 7) is 0.672. The molecule has 0 aliphatic carbocycles. The third-order valence-corrected chi connectivity index (χ3v) is 6.11. The molecule has 9 heteroatoms. The summed E-state index contributed by atoms with van der Waals surface area (Å²) in [5.41, 5.74) is 2.68. The maximum absolute atomic E-state index is 13.3. The van der Waals surface area contributed by atoms with Gasteiger partial charge < -0.3 is 10.1 Å². The van der Waals surface area contributed by atoms with Crippen LogP contribution < -0.4 is 10.2 Å². The van der Waals surface area contributed by atoms with E-state index >= 15 is 0 Å². The normalized spacial score (nSPS) is 10.5. The molecule has 4 aromatic rings. The second-order valence-electron chi connectivity index (χ2n) is 7.30. The number of anilines is 2. The Hall–Kier alpha value is -4.29. The number of nitriles is 1. The van der Waals surface area contributed by atoms with Gasteiger partial charge in [0.2, 0.25) is 0 Å². The maximum atomic E-state index is 13.3. The molecule has 4 rings (SSSR count). The number of carbonyl (C=O) groups excluding carboxylic acids is 2. The number of pyridine rings is 1. The minimum absolute atomic E-state index is 0.0585. The number of nitrogens with zero attached hydrogens (tertiary/aromatic N) is 4. The Balaban J connectivity index is 1.52. The van der Waals surface area contributed by atoms with Gasteiger partial charge in [0.05, 0.1) is 41.9 Å². The van der Waals surface area contributed by atoms with Crippen LogP contribution in [-0.2, 0) is 16.1 Å². The highest BCUT2D eigenvalue weighted by atomic mass is 32.1. The highest BCUT2D eigenvalue weighted by Gasteiger charge is 2.21. The predicted molar refractivity (Wildman–Crippen MR) is 131 cm³/mol. The predicted octanol–water partition coefficient (Wildman–Crippen LogP) is 4.38. The SMILES string of the molecule is COC(=O)CCN(C(=O)c1ccc2sc(CNc3ccc(C#N)cc3)nc2c1)c1ccccn1. The van der Waals surface area contributed by atoms with E-state index in [0.29, 0.717) is 23.5 Å². The summed E-state index contributed by atoms with van der Waals surface area (Å²) >= 11 is 1.54. The third kappa shape index (κ3) is 5.36. The molecular formula is C25H21N5O3S. The number of amides is 1. The van der Waals surface area contributed by atoms with Crippen LogP contribution in [0, 0.1) is 11.3 Å². The maximum Gasteiger partial charge on any atom is 0.307 e. The molecule has 34 heavy (non-hydrogen) atoms. The van der Waals surface area contributed by atoms with Crippen LogP contribution in [0.5, 0.6) is 0 Å². The number of carbonyl (C=O) groups is 2. The van der Waals surface area contributed by atoms with Crippen molar-refractivity contribution >= 4 is 44.9 Å². The Bertz CT molecular complexity index is 1350. The van der Waals surface area contributed by atoms with Gasteiger partial charge in [0, 0.05) is 24.0 Å². The van der Waals surface area contributed by atoms with E-state index in [-0.39, 0.29) is 18.9 Å². The molecule has 1 N–H and O–H groups in total. The van der Waals surface area contributed by atoms with Crippen molar-refractivity contribution in [2.45, 2.75) is 13.0 Å². The van der Waals surface area contributed by atoms with Gasteiger partial charge in [-0.3, -0.25) is 14.5 Å². The molecule has 1 amide bonds. The number of hydrogen-bond donors (Lipinski definition) is 1. The monoisotopic (exact) mass is 471 g/mol. The zero-order valence-corrected chi connectivity index (χ0v) is 19.2. The largest absolute Gasteiger partial charge is 0.469 e. The van der Waals surface area contributed by atoms with Gasteiger partial charge >= 0.3 is 5.97 Å². The van der Waals surface area contributed by atoms with Crippen molar-refractivity contribution in [3.63, 3.8) is 0 Å². The molecule has 0 saturated carbocycles. The average molecular weight is 472 g/mol. The minimum Gasteiger partial charge on any atom is -0.469 e. The van der Waals surface area contributed by atoms with E-state index in [2.05, 4.69) is 21.4 Å². The molecule has 2 heterocycles. The van der Waals surface area contributed by atoms with Crippen molar-refractivity contribution in [2.75, 3.05) is 23.9 Å². The Morgan fingerprint density at radius 3 is 2.68 bits per heavy atom. The molecule has 0 unspecified atom stereocenters. The lowest BCUT2D eigenvalue weighted by Crippen LogP contribution is -2.33. The number of methoxy groups -OCH3 is 1. The van der Waals surface area contributed by atoms with E-state index in [1.807, 2.05) is 18.2 Å². The standard InChI is InChI=1S/C25H21N5O3S/c1-33-24(31)11-13-30(22-4-2-3-12-27-22)25(32)18-7-10-21-20(14-18)29-23(34-21)16-28-19-8-5-17(15-26)6-9-19/h2-10,12,14,28H,11,13,16H2,1H3. The van der Waals surface area contributed by atoms with Crippen LogP contribution in [0.4, 0.5) is 11.5 Å². The van der Waals surface area contributed by atoms with Gasteiger partial charge in [0.15, 0.2) is 0 Å². The van der Waals surface area contributed by atoms with Crippen LogP contribution in [0.1, 0.15) is 27.3 Å². The molecule has 0 aliphatic rings. The topological polar surface area (TPSA) is 108 Å². The van der Waals surface area contributed by atoms with Crippen molar-refractivity contribution in [3.05, 3.63) is 83.0 Å². The first-order valence-corrected chi connectivity index (χ1v) is 11.3. The number of esters is 1. The van der Waals surface area contributed by atoms with Crippen LogP contribution in [0.2, 0.25) is 0 Å². The quantitative estimate of drug-likeness (QED) is 0.380. The number of nitrogens with one attached hydrogen (secondary N) is 1. The van der Waals surface area contributed by atoms with E-state index in [0.717, 1.165) is 20.9 Å². The minimum atomic E-state index is -0.400. The Labute approximate surface area is 200 Å². The molecule has 0 bridgehead atoms. The van der Waals surface area contributed by atoms with Gasteiger partial charge in [-0.15, -0.1) is 11.3 Å². The van der Waals surface area contributed by atoms with Gasteiger partial charge in [-0.25, -0.2) is 9.97 Å². The summed E-state index contributed by atoms with van der Waals surface area (Å²) in [5.74, 6) is -0.208. The summed E-state index contributed by atoms with van der Waals surface area (Å²) in [6.07, 6.45) is 1.66. The molecular weight excluding hydrogens is 450 g/mol. The van der Waals surface area contributed by atoms with E-state index in [1.54, 1.807) is 60.0 Å². The summed E-state index contributed by atoms with van der Waals surface area (Å²) in [4.78, 5) is 35.4. The molecule has 0 radical (unpaired) electrons. The molecule has 2 aromatic carbocycles. The van der Waals surface area contributed by atoms with Gasteiger partial charge in [-0.2, -0.15) is 5.26 Å². The van der Waals surface area contributed by atoms with E-state index in [9.17, 15) is 9.59 Å². The lowest BCUT2D eigenvalue weighted by Gasteiger charge is -2.21. The van der Waals surface area contributed by atoms with Gasteiger partial charge in [-0.1, -0.05) is 6.07 Å². The first kappa shape index (κ1) is 22.9. The lowest BCUT2D eigenvalue weighted by molar-refractivity contribution is -0.140. The van der Waals surface area contributed by atoms with Crippen LogP contribution in [-0.4, -0.2) is 35.5 Å². The highest BCUT2D eigenvalue weighted by Crippen LogP contribution is 2.25. The fourth-order valence-electron chi connectivity index (χ4n) is 3.32. The summed E-state index contributed by atoms with van der Waals surface area (Å²) in [7, 11) is 1.32. The summed E-state index contributed by atoms with van der Waals surface area (Å²) < 4.78 is 5.69. The first-order chi connectivity index (χ1) is 16.6. The van der Waals surface area contributed by atoms with Crippen molar-refractivity contribution in [2.24, 2.45) is 0 Å². The van der Waals surface area contributed by atoms with Gasteiger partial charge in [-0.05, 0) is 54.6 Å². The number of fused-ring (bicyclic) bond motifs is 1. The van der Waals surface area contributed by atoms with Crippen molar-refractivity contribution in [1.82, 2.24) is 9.97 Å². The molecule has 0 aliphatic heterocycles. The second kappa shape index (κ2) is 10.6. The number of thiazole rings is 1. The zero-order valence-electron chi connectivity index (χ0n) is 18.4. The number of ether oxygens (including phenoxy) is 1. The zero-order chi connectivity index (χ0) is 23.9. The molecule has 8 nitrogen and oxygen atoms in total. The third-order valence-electron chi connectivity index (χ3n) is 5.07. The Morgan fingerprint density at radius 2 is 1.97 bits per heavy atom. The lowest BCUT2D eigenvalue weighted by atomic mass is 10.1. The van der Waals surface area contributed by atoms with Gasteiger partial charge in [0.1, 0.15) is 10.8 Å². The first-order valence-electron chi connectivity index (χ1n) is 10.5. The van der Waals surface area contributed by atoms with Crippen molar-refractivity contribution in [1.29, 1.82) is 5.26 Å².